The Hall–Kier alpha value is -1.24. The molecule has 5 rings (SSSR count). The second kappa shape index (κ2) is 9.43. The molecule has 8 atom stereocenters. The average molecular weight is 472 g/mol. The molecule has 0 saturated carbocycles. The highest BCUT2D eigenvalue weighted by Gasteiger charge is 2.51. The number of halogens is 3. The van der Waals surface area contributed by atoms with Crippen LogP contribution in [-0.4, -0.2) is 64.1 Å². The molecule has 8 nitrogen and oxygen atoms in total. The molecule has 0 aliphatic carbocycles. The van der Waals surface area contributed by atoms with Gasteiger partial charge in [0.05, 0.1) is 24.3 Å². The number of aromatic nitrogens is 2. The van der Waals surface area contributed by atoms with Crippen LogP contribution in [0.25, 0.3) is 0 Å². The molecule has 33 heavy (non-hydrogen) atoms. The molecule has 5 heterocycles. The fourth-order valence-corrected chi connectivity index (χ4v) is 6.30. The van der Waals surface area contributed by atoms with Crippen molar-refractivity contribution in [3.05, 3.63) is 18.0 Å². The molecule has 4 aliphatic heterocycles. The predicted octanol–water partition coefficient (Wildman–Crippen LogP) is 1.90. The van der Waals surface area contributed by atoms with Gasteiger partial charge in [-0.1, -0.05) is 19.3 Å². The first-order valence-electron chi connectivity index (χ1n) is 12.3. The minimum Gasteiger partial charge on any atom is -0.340 e. The second-order valence-electron chi connectivity index (χ2n) is 10.2. The maximum atomic E-state index is 13.8. The highest BCUT2D eigenvalue weighted by Crippen LogP contribution is 2.39. The normalized spacial score (nSPS) is 41.0. The first kappa shape index (κ1) is 23.5. The molecule has 7 unspecified atom stereocenters. The van der Waals surface area contributed by atoms with Crippen molar-refractivity contribution in [2.24, 2.45) is 18.7 Å². The zero-order chi connectivity index (χ0) is 23.2. The molecule has 4 fully saturated rings. The summed E-state index contributed by atoms with van der Waals surface area (Å²) >= 11 is 0. The van der Waals surface area contributed by atoms with E-state index in [1.807, 2.05) is 24.1 Å². The summed E-state index contributed by atoms with van der Waals surface area (Å²) in [4.78, 5) is 2.57. The molecule has 11 heteroatoms. The van der Waals surface area contributed by atoms with E-state index in [1.54, 1.807) is 0 Å². The number of nitrogens with one attached hydrogen (secondary N) is 3. The van der Waals surface area contributed by atoms with Gasteiger partial charge in [-0.15, -0.1) is 0 Å². The highest BCUT2D eigenvalue weighted by atomic mass is 19.4. The summed E-state index contributed by atoms with van der Waals surface area (Å²) in [6.45, 7) is 1.01. The number of hydrazine groups is 1. The van der Waals surface area contributed by atoms with Gasteiger partial charge in [0.15, 0.2) is 0 Å². The van der Waals surface area contributed by atoms with E-state index in [2.05, 4.69) is 26.2 Å². The summed E-state index contributed by atoms with van der Waals surface area (Å²) in [6.07, 6.45) is 4.30. The van der Waals surface area contributed by atoms with Crippen LogP contribution in [0.1, 0.15) is 62.8 Å². The smallest absolute Gasteiger partial charge is 0.340 e. The third kappa shape index (κ3) is 4.81. The van der Waals surface area contributed by atoms with Crippen LogP contribution in [0.2, 0.25) is 0 Å². The van der Waals surface area contributed by atoms with Crippen molar-refractivity contribution in [3.8, 4) is 0 Å². The number of piperidine rings is 1. The molecule has 0 amide bonds. The number of hydrogen-bond donors (Lipinski definition) is 4. The van der Waals surface area contributed by atoms with Gasteiger partial charge in [-0.2, -0.15) is 18.3 Å². The largest absolute Gasteiger partial charge is 0.395 e. The maximum Gasteiger partial charge on any atom is 0.395 e. The summed E-state index contributed by atoms with van der Waals surface area (Å²) in [5, 5.41) is 8.10. The molecule has 1 aromatic heterocycles. The Morgan fingerprint density at radius 2 is 1.85 bits per heavy atom. The summed E-state index contributed by atoms with van der Waals surface area (Å²) in [5.41, 5.74) is 13.5. The fourth-order valence-electron chi connectivity index (χ4n) is 6.30. The van der Waals surface area contributed by atoms with Crippen molar-refractivity contribution in [1.82, 2.24) is 30.8 Å². The number of fused-ring (bicyclic) bond motifs is 7. The van der Waals surface area contributed by atoms with Crippen LogP contribution in [-0.2, 0) is 11.8 Å². The van der Waals surface area contributed by atoms with Crippen molar-refractivity contribution in [2.45, 2.75) is 100 Å². The Morgan fingerprint density at radius 3 is 2.61 bits per heavy atom. The minimum absolute atomic E-state index is 0.0392. The molecule has 186 valence electrons. The molecule has 0 aromatic carbocycles. The monoisotopic (exact) mass is 471 g/mol. The van der Waals surface area contributed by atoms with Crippen LogP contribution in [0.4, 0.5) is 13.2 Å². The quantitative estimate of drug-likeness (QED) is 0.497. The number of rotatable bonds is 1. The van der Waals surface area contributed by atoms with Crippen LogP contribution in [0, 0.1) is 5.92 Å². The molecular weight excluding hydrogens is 435 g/mol. The number of aryl methyl sites for hydroxylation is 1. The van der Waals surface area contributed by atoms with Crippen molar-refractivity contribution < 1.29 is 17.9 Å². The number of nitrogens with two attached hydrogens (primary N) is 1. The van der Waals surface area contributed by atoms with E-state index >= 15 is 0 Å². The van der Waals surface area contributed by atoms with Gasteiger partial charge in [-0.25, -0.2) is 10.9 Å². The lowest BCUT2D eigenvalue weighted by atomic mass is 9.82. The van der Waals surface area contributed by atoms with Gasteiger partial charge < -0.3 is 10.5 Å². The van der Waals surface area contributed by atoms with Gasteiger partial charge in [-0.3, -0.25) is 14.9 Å². The van der Waals surface area contributed by atoms with Crippen molar-refractivity contribution in [3.63, 3.8) is 0 Å². The van der Waals surface area contributed by atoms with Gasteiger partial charge in [0.1, 0.15) is 12.5 Å². The molecule has 1 aromatic rings. The van der Waals surface area contributed by atoms with Crippen LogP contribution in [0.5, 0.6) is 0 Å². The third-order valence-corrected chi connectivity index (χ3v) is 7.99. The lowest BCUT2D eigenvalue weighted by molar-refractivity contribution is -0.211. The Balaban J connectivity index is 1.44. The van der Waals surface area contributed by atoms with Gasteiger partial charge in [-0.05, 0) is 44.2 Å². The summed E-state index contributed by atoms with van der Waals surface area (Å²) in [5.74, 6) is -1.38. The lowest BCUT2D eigenvalue weighted by Crippen LogP contribution is -2.68. The fraction of sp³-hybridized carbons (Fsp3) is 0.864. The third-order valence-electron chi connectivity index (χ3n) is 7.99. The predicted molar refractivity (Wildman–Crippen MR) is 117 cm³/mol. The van der Waals surface area contributed by atoms with Crippen molar-refractivity contribution in [1.29, 1.82) is 0 Å². The zero-order valence-corrected chi connectivity index (χ0v) is 19.1. The van der Waals surface area contributed by atoms with E-state index in [4.69, 9.17) is 10.5 Å². The Bertz CT molecular complexity index is 805. The van der Waals surface area contributed by atoms with Crippen LogP contribution >= 0.6 is 0 Å². The molecule has 4 aliphatic rings. The maximum absolute atomic E-state index is 13.8. The van der Waals surface area contributed by atoms with Crippen LogP contribution in [0.15, 0.2) is 12.4 Å². The standard InChI is InChI=1S/C22H36F3N7O/c1-31-12-13(11-27-31)15-10-17(26)18-21-30-29-20(33-21)16(22(23,24)25)8-4-2-3-6-14-7-5-9-32(14)19(15)28-18/h11-12,14-21,28-30H,2-10,26H2,1H3/t14-,15?,16?,17?,18?,19?,20?,21?/m1/s1. The zero-order valence-electron chi connectivity index (χ0n) is 19.1. The Labute approximate surface area is 192 Å². The summed E-state index contributed by atoms with van der Waals surface area (Å²) < 4.78 is 49.2. The van der Waals surface area contributed by atoms with Gasteiger partial charge in [0, 0.05) is 31.2 Å². The van der Waals surface area contributed by atoms with Crippen LogP contribution < -0.4 is 21.9 Å². The summed E-state index contributed by atoms with van der Waals surface area (Å²) in [7, 11) is 1.91. The topological polar surface area (TPSA) is 92.4 Å². The van der Waals surface area contributed by atoms with E-state index in [9.17, 15) is 13.2 Å². The molecule has 0 radical (unpaired) electrons. The highest BCUT2D eigenvalue weighted by molar-refractivity contribution is 5.18. The van der Waals surface area contributed by atoms with Gasteiger partial charge in [0.25, 0.3) is 0 Å². The average Bonchev–Trinajstić information content (AvgIpc) is 3.50. The second-order valence-corrected chi connectivity index (χ2v) is 10.2. The lowest BCUT2D eigenvalue weighted by Gasteiger charge is -2.48. The van der Waals surface area contributed by atoms with Crippen molar-refractivity contribution >= 4 is 0 Å². The van der Waals surface area contributed by atoms with E-state index in [-0.39, 0.29) is 30.6 Å². The van der Waals surface area contributed by atoms with Crippen LogP contribution in [0.3, 0.4) is 0 Å². The van der Waals surface area contributed by atoms with E-state index in [0.29, 0.717) is 18.9 Å². The minimum atomic E-state index is -4.32. The number of nitrogens with zero attached hydrogens (tertiary/aromatic N) is 3. The van der Waals surface area contributed by atoms with E-state index < -0.39 is 24.6 Å². The van der Waals surface area contributed by atoms with E-state index in [0.717, 1.165) is 44.2 Å². The Kier molecular flexibility index (Phi) is 6.71. The molecular formula is C22H36F3N7O. The molecule has 4 saturated heterocycles. The molecule has 0 spiro atoms. The molecule has 4 bridgehead atoms. The Morgan fingerprint density at radius 1 is 1.09 bits per heavy atom. The molecule has 5 N–H and O–H groups in total. The van der Waals surface area contributed by atoms with E-state index in [1.165, 1.54) is 0 Å². The SMILES string of the molecule is Cn1cc(C2CC(N)C3NC2N2CCC[C@H]2CCCCCC(C(F)(F)F)C2NNC3O2)cn1. The first-order chi connectivity index (χ1) is 15.8. The number of ether oxygens (including phenoxy) is 1. The van der Waals surface area contributed by atoms with Gasteiger partial charge in [0.2, 0.25) is 0 Å². The van der Waals surface area contributed by atoms with Crippen molar-refractivity contribution in [2.75, 3.05) is 6.54 Å². The van der Waals surface area contributed by atoms with Gasteiger partial charge >= 0.3 is 6.18 Å². The summed E-state index contributed by atoms with van der Waals surface area (Å²) in [6, 6.07) is -0.150. The first-order valence-corrected chi connectivity index (χ1v) is 12.3. The number of alkyl halides is 3. The number of hydrogen-bond acceptors (Lipinski definition) is 7.